The molecule has 5 unspecified atom stereocenters. The molecule has 2 aromatic rings. The molecule has 0 aliphatic carbocycles. The molecule has 208 valence electrons. The molecule has 0 aliphatic heterocycles. The maximum atomic E-state index is 13.5. The van der Waals surface area contributed by atoms with Crippen molar-refractivity contribution in [1.29, 1.82) is 0 Å². The molecule has 12 nitrogen and oxygen atoms in total. The molecule has 0 fully saturated rings. The summed E-state index contributed by atoms with van der Waals surface area (Å²) >= 11 is 0. The average Bonchev–Trinajstić information content (AvgIpc) is 3.26. The van der Waals surface area contributed by atoms with E-state index in [1.165, 1.54) is 0 Å². The van der Waals surface area contributed by atoms with E-state index >= 15 is 0 Å². The number of para-hydroxylation sites is 1. The van der Waals surface area contributed by atoms with Crippen LogP contribution in [0.25, 0.3) is 10.9 Å². The number of nitrogens with one attached hydrogen (secondary N) is 4. The van der Waals surface area contributed by atoms with Gasteiger partial charge in [-0.05, 0) is 23.5 Å². The number of rotatable bonds is 14. The third-order valence-corrected chi connectivity index (χ3v) is 6.51. The van der Waals surface area contributed by atoms with Crippen LogP contribution in [0.15, 0.2) is 30.5 Å². The van der Waals surface area contributed by atoms with Crippen LogP contribution in [0.1, 0.15) is 46.1 Å². The monoisotopic (exact) mass is 530 g/mol. The van der Waals surface area contributed by atoms with Crippen molar-refractivity contribution in [3.05, 3.63) is 36.0 Å². The number of nitrogens with two attached hydrogens (primary N) is 2. The lowest BCUT2D eigenvalue weighted by Crippen LogP contribution is -2.59. The minimum atomic E-state index is -1.26. The van der Waals surface area contributed by atoms with Crippen LogP contribution in [0.5, 0.6) is 0 Å². The second-order valence-corrected chi connectivity index (χ2v) is 9.84. The first-order valence-electron chi connectivity index (χ1n) is 12.6. The molecule has 1 aromatic carbocycles. The minimum Gasteiger partial charge on any atom is -0.480 e. The van der Waals surface area contributed by atoms with Crippen molar-refractivity contribution in [2.75, 3.05) is 0 Å². The van der Waals surface area contributed by atoms with Crippen molar-refractivity contribution in [3.8, 4) is 0 Å². The molecule has 0 bridgehead atoms. The van der Waals surface area contributed by atoms with E-state index in [2.05, 4.69) is 20.9 Å². The molecule has 38 heavy (non-hydrogen) atoms. The Balaban J connectivity index is 2.33. The average molecular weight is 531 g/mol. The van der Waals surface area contributed by atoms with Crippen LogP contribution in [-0.2, 0) is 30.4 Å². The van der Waals surface area contributed by atoms with E-state index in [1.54, 1.807) is 27.0 Å². The SMILES string of the molecule is CCC(C)C(NC(=O)C(Cc1c[nH]c2ccccc12)NC(=O)C(N)CC(N)=O)C(=O)NC(C(=O)O)C(C)C. The minimum absolute atomic E-state index is 0.0590. The van der Waals surface area contributed by atoms with Gasteiger partial charge < -0.3 is 37.5 Å². The van der Waals surface area contributed by atoms with Crippen LogP contribution in [0.3, 0.4) is 0 Å². The second-order valence-electron chi connectivity index (χ2n) is 9.84. The highest BCUT2D eigenvalue weighted by atomic mass is 16.4. The Kier molecular flexibility index (Phi) is 10.8. The number of primary amides is 1. The summed E-state index contributed by atoms with van der Waals surface area (Å²) in [6.45, 7) is 6.92. The van der Waals surface area contributed by atoms with Crippen LogP contribution in [0, 0.1) is 11.8 Å². The third kappa shape index (κ3) is 8.04. The highest BCUT2D eigenvalue weighted by Gasteiger charge is 2.34. The molecular formula is C26H38N6O6. The van der Waals surface area contributed by atoms with Crippen molar-refractivity contribution in [2.24, 2.45) is 23.3 Å². The molecule has 0 saturated heterocycles. The van der Waals surface area contributed by atoms with Gasteiger partial charge in [0.05, 0.1) is 12.5 Å². The standard InChI is InChI=1S/C26H38N6O6/c1-5-14(4)22(25(36)31-21(13(2)3)26(37)38)32-24(35)19(30-23(34)17(27)11-20(28)33)10-15-12-29-18-9-7-6-8-16(15)18/h6-9,12-14,17,19,21-22,29H,5,10-11,27H2,1-4H3,(H2,28,33)(H,30,34)(H,31,36)(H,32,35)(H,37,38). The Hall–Kier alpha value is -3.93. The lowest BCUT2D eigenvalue weighted by atomic mass is 9.95. The van der Waals surface area contributed by atoms with Gasteiger partial charge in [-0.2, -0.15) is 0 Å². The van der Waals surface area contributed by atoms with Gasteiger partial charge >= 0.3 is 5.97 Å². The van der Waals surface area contributed by atoms with E-state index in [0.717, 1.165) is 16.5 Å². The molecule has 0 aliphatic rings. The summed E-state index contributed by atoms with van der Waals surface area (Å²) in [5, 5.41) is 18.1. The van der Waals surface area contributed by atoms with Crippen molar-refractivity contribution >= 4 is 40.5 Å². The summed E-state index contributed by atoms with van der Waals surface area (Å²) < 4.78 is 0. The van der Waals surface area contributed by atoms with Crippen LogP contribution >= 0.6 is 0 Å². The maximum absolute atomic E-state index is 13.5. The van der Waals surface area contributed by atoms with Gasteiger partial charge in [0.25, 0.3) is 0 Å². The number of fused-ring (bicyclic) bond motifs is 1. The number of aliphatic carboxylic acids is 1. The highest BCUT2D eigenvalue weighted by molar-refractivity contribution is 5.95. The van der Waals surface area contributed by atoms with E-state index in [-0.39, 0.29) is 18.3 Å². The van der Waals surface area contributed by atoms with Crippen LogP contribution in [0.2, 0.25) is 0 Å². The van der Waals surface area contributed by atoms with Crippen LogP contribution < -0.4 is 27.4 Å². The van der Waals surface area contributed by atoms with E-state index < -0.39 is 60.2 Å². The van der Waals surface area contributed by atoms with Crippen LogP contribution in [0.4, 0.5) is 0 Å². The number of carbonyl (C=O) groups excluding carboxylic acids is 4. The first-order valence-corrected chi connectivity index (χ1v) is 12.6. The Morgan fingerprint density at radius 1 is 0.947 bits per heavy atom. The van der Waals surface area contributed by atoms with Gasteiger partial charge in [0.1, 0.15) is 18.1 Å². The fourth-order valence-corrected chi connectivity index (χ4v) is 4.03. The number of carboxylic acids is 1. The van der Waals surface area contributed by atoms with E-state index in [9.17, 15) is 29.1 Å². The summed E-state index contributed by atoms with van der Waals surface area (Å²) in [6.07, 6.45) is 1.89. The Bertz CT molecular complexity index is 1160. The fraction of sp³-hybridized carbons (Fsp3) is 0.500. The molecule has 5 atom stereocenters. The van der Waals surface area contributed by atoms with Gasteiger partial charge in [-0.1, -0.05) is 52.3 Å². The lowest BCUT2D eigenvalue weighted by Gasteiger charge is -2.28. The van der Waals surface area contributed by atoms with E-state index in [1.807, 2.05) is 31.2 Å². The fourth-order valence-electron chi connectivity index (χ4n) is 4.03. The predicted octanol–water partition coefficient (Wildman–Crippen LogP) is 0.154. The zero-order valence-corrected chi connectivity index (χ0v) is 22.1. The molecular weight excluding hydrogens is 492 g/mol. The number of benzene rings is 1. The zero-order chi connectivity index (χ0) is 28.6. The van der Waals surface area contributed by atoms with E-state index in [4.69, 9.17) is 11.5 Å². The molecule has 2 rings (SSSR count). The largest absolute Gasteiger partial charge is 0.480 e. The zero-order valence-electron chi connectivity index (χ0n) is 22.1. The number of hydrogen-bond acceptors (Lipinski definition) is 6. The van der Waals surface area contributed by atoms with Gasteiger partial charge in [0.15, 0.2) is 0 Å². The first-order chi connectivity index (χ1) is 17.8. The van der Waals surface area contributed by atoms with Crippen molar-refractivity contribution in [2.45, 2.75) is 71.1 Å². The lowest BCUT2D eigenvalue weighted by molar-refractivity contribution is -0.144. The molecule has 0 spiro atoms. The summed E-state index contributed by atoms with van der Waals surface area (Å²) in [6, 6.07) is 2.81. The molecule has 1 aromatic heterocycles. The van der Waals surface area contributed by atoms with Crippen molar-refractivity contribution in [3.63, 3.8) is 0 Å². The summed E-state index contributed by atoms with van der Waals surface area (Å²) in [4.78, 5) is 65.3. The maximum Gasteiger partial charge on any atom is 0.326 e. The quantitative estimate of drug-likeness (QED) is 0.180. The Labute approximate surface area is 221 Å². The number of hydrogen-bond donors (Lipinski definition) is 7. The van der Waals surface area contributed by atoms with Gasteiger partial charge in [0, 0.05) is 23.5 Å². The van der Waals surface area contributed by atoms with Gasteiger partial charge in [0.2, 0.25) is 23.6 Å². The molecule has 1 heterocycles. The molecule has 9 N–H and O–H groups in total. The highest BCUT2D eigenvalue weighted by Crippen LogP contribution is 2.20. The second kappa shape index (κ2) is 13.6. The summed E-state index contributed by atoms with van der Waals surface area (Å²) in [5.74, 6) is -4.73. The van der Waals surface area contributed by atoms with Crippen molar-refractivity contribution < 1.29 is 29.1 Å². The molecule has 0 radical (unpaired) electrons. The Morgan fingerprint density at radius 2 is 1.58 bits per heavy atom. The predicted molar refractivity (Wildman–Crippen MR) is 142 cm³/mol. The molecule has 12 heteroatoms. The Morgan fingerprint density at radius 3 is 2.16 bits per heavy atom. The third-order valence-electron chi connectivity index (χ3n) is 6.51. The number of amides is 4. The van der Waals surface area contributed by atoms with Gasteiger partial charge in [-0.3, -0.25) is 19.2 Å². The summed E-state index contributed by atoms with van der Waals surface area (Å²) in [5.41, 5.74) is 12.5. The van der Waals surface area contributed by atoms with Gasteiger partial charge in [-0.25, -0.2) is 4.79 Å². The van der Waals surface area contributed by atoms with Gasteiger partial charge in [-0.15, -0.1) is 0 Å². The number of carbonyl (C=O) groups is 5. The number of carboxylic acid groups (broad SMARTS) is 1. The number of aromatic nitrogens is 1. The smallest absolute Gasteiger partial charge is 0.326 e. The number of H-pyrrole nitrogens is 1. The summed E-state index contributed by atoms with van der Waals surface area (Å²) in [7, 11) is 0. The van der Waals surface area contributed by atoms with E-state index in [0.29, 0.717) is 6.42 Å². The molecule has 4 amide bonds. The van der Waals surface area contributed by atoms with Crippen LogP contribution in [-0.4, -0.2) is 63.9 Å². The molecule has 0 saturated carbocycles. The topological polar surface area (TPSA) is 209 Å². The first kappa shape index (κ1) is 30.3. The van der Waals surface area contributed by atoms with Crippen molar-refractivity contribution in [1.82, 2.24) is 20.9 Å². The number of aromatic amines is 1. The normalized spacial score (nSPS) is 15.2.